The molecule has 1 atom stereocenters. The van der Waals surface area contributed by atoms with Gasteiger partial charge in [-0.2, -0.15) is 0 Å². The van der Waals surface area contributed by atoms with E-state index in [2.05, 4.69) is 10.3 Å². The van der Waals surface area contributed by atoms with Gasteiger partial charge in [0.2, 0.25) is 5.91 Å². The van der Waals surface area contributed by atoms with Crippen LogP contribution in [0.3, 0.4) is 0 Å². The average molecular weight is 412 g/mol. The zero-order valence-corrected chi connectivity index (χ0v) is 17.7. The van der Waals surface area contributed by atoms with E-state index < -0.39 is 0 Å². The molecule has 1 aromatic heterocycles. The maximum Gasteiger partial charge on any atom is 0.410 e. The van der Waals surface area contributed by atoms with E-state index in [0.29, 0.717) is 25.9 Å². The molecule has 2 aromatic rings. The summed E-state index contributed by atoms with van der Waals surface area (Å²) in [5.41, 5.74) is 1.66. The summed E-state index contributed by atoms with van der Waals surface area (Å²) >= 11 is 0. The van der Waals surface area contributed by atoms with Crippen LogP contribution in [0.1, 0.15) is 44.0 Å². The van der Waals surface area contributed by atoms with E-state index in [0.717, 1.165) is 17.0 Å². The molecule has 0 spiro atoms. The first-order valence-corrected chi connectivity index (χ1v) is 10.3. The largest absolute Gasteiger partial charge is 0.497 e. The predicted octanol–water partition coefficient (Wildman–Crippen LogP) is 3.55. The summed E-state index contributed by atoms with van der Waals surface area (Å²) in [4.78, 5) is 31.3. The lowest BCUT2D eigenvalue weighted by molar-refractivity contribution is -0.127. The fraction of sp³-hybridized carbons (Fsp3) is 0.435. The normalized spacial score (nSPS) is 15.5. The number of pyridine rings is 1. The molecular formula is C23H29N3O4. The molecule has 1 aliphatic rings. The predicted molar refractivity (Wildman–Crippen MR) is 113 cm³/mol. The van der Waals surface area contributed by atoms with Crippen molar-refractivity contribution < 1.29 is 19.1 Å². The van der Waals surface area contributed by atoms with Crippen molar-refractivity contribution in [3.63, 3.8) is 0 Å². The number of amides is 2. The first-order chi connectivity index (χ1) is 14.5. The molecule has 0 bridgehead atoms. The van der Waals surface area contributed by atoms with Crippen LogP contribution in [0.5, 0.6) is 5.75 Å². The number of carbonyl (C=O) groups excluding carboxylic acids is 2. The molecule has 160 valence electrons. The maximum atomic E-state index is 13.1. The fourth-order valence-electron chi connectivity index (χ4n) is 3.56. The Morgan fingerprint density at radius 3 is 2.53 bits per heavy atom. The van der Waals surface area contributed by atoms with Gasteiger partial charge < -0.3 is 19.7 Å². The number of nitrogens with zero attached hydrogens (tertiary/aromatic N) is 2. The Balaban J connectivity index is 1.69. The molecule has 0 radical (unpaired) electrons. The van der Waals surface area contributed by atoms with Crippen LogP contribution in [0.2, 0.25) is 0 Å². The minimum Gasteiger partial charge on any atom is -0.497 e. The van der Waals surface area contributed by atoms with Crippen molar-refractivity contribution in [3.05, 3.63) is 59.9 Å². The lowest BCUT2D eigenvalue weighted by Crippen LogP contribution is -2.44. The molecule has 0 saturated carbocycles. The second-order valence-corrected chi connectivity index (χ2v) is 7.67. The smallest absolute Gasteiger partial charge is 0.410 e. The van der Waals surface area contributed by atoms with Crippen molar-refractivity contribution in [2.75, 3.05) is 20.2 Å². The number of nitrogens with one attached hydrogen (secondary N) is 1. The first kappa shape index (κ1) is 21.6. The minimum absolute atomic E-state index is 0.0367. The van der Waals surface area contributed by atoms with E-state index in [1.54, 1.807) is 18.2 Å². The molecule has 3 rings (SSSR count). The van der Waals surface area contributed by atoms with Crippen LogP contribution >= 0.6 is 0 Å². The average Bonchev–Trinajstić information content (AvgIpc) is 2.77. The summed E-state index contributed by atoms with van der Waals surface area (Å²) in [6, 6.07) is 12.9. The monoisotopic (exact) mass is 411 g/mol. The maximum absolute atomic E-state index is 13.1. The third-order valence-electron chi connectivity index (χ3n) is 5.16. The van der Waals surface area contributed by atoms with Crippen LogP contribution in [-0.2, 0) is 9.53 Å². The number of benzene rings is 1. The number of ether oxygens (including phenoxy) is 2. The molecule has 1 N–H and O–H groups in total. The molecule has 1 aliphatic heterocycles. The molecule has 1 fully saturated rings. The lowest BCUT2D eigenvalue weighted by Gasteiger charge is -2.32. The Bertz CT molecular complexity index is 849. The van der Waals surface area contributed by atoms with Crippen LogP contribution in [0.15, 0.2) is 48.7 Å². The molecule has 1 unspecified atom stereocenters. The van der Waals surface area contributed by atoms with Crippen LogP contribution in [0.4, 0.5) is 4.79 Å². The van der Waals surface area contributed by atoms with Gasteiger partial charge in [0.15, 0.2) is 0 Å². The topological polar surface area (TPSA) is 80.8 Å². The third-order valence-corrected chi connectivity index (χ3v) is 5.16. The molecule has 1 saturated heterocycles. The number of rotatable bonds is 6. The number of methoxy groups -OCH3 is 1. The second kappa shape index (κ2) is 10.1. The van der Waals surface area contributed by atoms with E-state index in [1.807, 2.05) is 56.3 Å². The van der Waals surface area contributed by atoms with Crippen molar-refractivity contribution >= 4 is 12.0 Å². The molecule has 0 aliphatic carbocycles. The van der Waals surface area contributed by atoms with Gasteiger partial charge in [-0.3, -0.25) is 9.78 Å². The van der Waals surface area contributed by atoms with E-state index in [-0.39, 0.29) is 30.1 Å². The van der Waals surface area contributed by atoms with Crippen LogP contribution < -0.4 is 10.1 Å². The third kappa shape index (κ3) is 5.49. The van der Waals surface area contributed by atoms with Gasteiger partial charge in [-0.25, -0.2) is 4.79 Å². The highest BCUT2D eigenvalue weighted by atomic mass is 16.6. The van der Waals surface area contributed by atoms with Gasteiger partial charge in [-0.05, 0) is 56.5 Å². The Morgan fingerprint density at radius 2 is 1.90 bits per heavy atom. The highest BCUT2D eigenvalue weighted by Crippen LogP contribution is 2.26. The highest BCUT2D eigenvalue weighted by molar-refractivity contribution is 5.80. The fourth-order valence-corrected chi connectivity index (χ4v) is 3.56. The second-order valence-electron chi connectivity index (χ2n) is 7.67. The Morgan fingerprint density at radius 1 is 1.13 bits per heavy atom. The minimum atomic E-state index is -0.377. The van der Waals surface area contributed by atoms with Crippen molar-refractivity contribution in [3.8, 4) is 5.75 Å². The number of aromatic nitrogens is 1. The van der Waals surface area contributed by atoms with Crippen molar-refractivity contribution in [2.45, 2.75) is 38.8 Å². The van der Waals surface area contributed by atoms with Crippen molar-refractivity contribution in [1.82, 2.24) is 15.2 Å². The summed E-state index contributed by atoms with van der Waals surface area (Å²) in [5, 5.41) is 3.16. The lowest BCUT2D eigenvalue weighted by atomic mass is 9.94. The van der Waals surface area contributed by atoms with Gasteiger partial charge in [0.1, 0.15) is 5.75 Å². The van der Waals surface area contributed by atoms with Crippen LogP contribution in [0.25, 0.3) is 0 Å². The van der Waals surface area contributed by atoms with E-state index in [9.17, 15) is 9.59 Å². The molecule has 7 heteroatoms. The summed E-state index contributed by atoms with van der Waals surface area (Å²) in [6.45, 7) is 4.68. The van der Waals surface area contributed by atoms with Crippen LogP contribution in [-0.4, -0.2) is 48.2 Å². The van der Waals surface area contributed by atoms with E-state index in [4.69, 9.17) is 9.47 Å². The first-order valence-electron chi connectivity index (χ1n) is 10.3. The number of hydrogen-bond donors (Lipinski definition) is 1. The molecule has 2 amide bonds. The molecule has 1 aromatic carbocycles. The molecule has 7 nitrogen and oxygen atoms in total. The Labute approximate surface area is 177 Å². The van der Waals surface area contributed by atoms with Crippen molar-refractivity contribution in [2.24, 2.45) is 5.92 Å². The number of carbonyl (C=O) groups is 2. The van der Waals surface area contributed by atoms with Gasteiger partial charge in [0.25, 0.3) is 0 Å². The van der Waals surface area contributed by atoms with Gasteiger partial charge >= 0.3 is 6.09 Å². The molecule has 2 heterocycles. The Hall–Kier alpha value is -3.09. The molecule has 30 heavy (non-hydrogen) atoms. The van der Waals surface area contributed by atoms with Gasteiger partial charge in [-0.1, -0.05) is 18.2 Å². The summed E-state index contributed by atoms with van der Waals surface area (Å²) < 4.78 is 10.6. The quantitative estimate of drug-likeness (QED) is 0.786. The highest BCUT2D eigenvalue weighted by Gasteiger charge is 2.30. The summed E-state index contributed by atoms with van der Waals surface area (Å²) in [7, 11) is 1.62. The van der Waals surface area contributed by atoms with Crippen molar-refractivity contribution in [1.29, 1.82) is 0 Å². The van der Waals surface area contributed by atoms with Crippen LogP contribution in [0, 0.1) is 5.92 Å². The van der Waals surface area contributed by atoms with Gasteiger partial charge in [0, 0.05) is 25.2 Å². The van der Waals surface area contributed by atoms with Gasteiger partial charge in [-0.15, -0.1) is 0 Å². The number of hydrogen-bond acceptors (Lipinski definition) is 5. The number of likely N-dealkylation sites (tertiary alicyclic amines) is 1. The summed E-state index contributed by atoms with van der Waals surface area (Å²) in [5.74, 6) is 0.523. The standard InChI is InChI=1S/C23H29N3O4/c1-16(2)30-23(28)26-13-10-17(11-14-26)22(27)25-21(20-9-4-5-12-24-20)18-7-6-8-19(15-18)29-3/h4-9,12,15-17,21H,10-11,13-14H2,1-3H3,(H,25,27). The molecular weight excluding hydrogens is 382 g/mol. The number of piperidine rings is 1. The van der Waals surface area contributed by atoms with E-state index >= 15 is 0 Å². The van der Waals surface area contributed by atoms with Gasteiger partial charge in [0.05, 0.1) is 24.9 Å². The zero-order valence-electron chi connectivity index (χ0n) is 17.7. The Kier molecular flexibility index (Phi) is 7.27. The zero-order chi connectivity index (χ0) is 21.5. The SMILES string of the molecule is COc1cccc(C(NC(=O)C2CCN(C(=O)OC(C)C)CC2)c2ccccn2)c1. The van der Waals surface area contributed by atoms with E-state index in [1.165, 1.54) is 0 Å². The summed E-state index contributed by atoms with van der Waals surface area (Å²) in [6.07, 6.45) is 2.46.